The maximum Gasteiger partial charge on any atom is 0.231 e. The predicted molar refractivity (Wildman–Crippen MR) is 43.6 cm³/mol. The minimum Gasteiger partial charge on any atom is -0.454 e. The van der Waals surface area contributed by atoms with Gasteiger partial charge >= 0.3 is 0 Å². The molecule has 0 amide bonds. The summed E-state index contributed by atoms with van der Waals surface area (Å²) in [6.07, 6.45) is 6.81. The molecule has 0 aromatic heterocycles. The molecule has 0 radical (unpaired) electrons. The number of hydrogen-bond acceptors (Lipinski definition) is 2. The molecule has 1 aliphatic heterocycles. The minimum atomic E-state index is 0.277. The van der Waals surface area contributed by atoms with E-state index in [2.05, 4.69) is 13.2 Å². The van der Waals surface area contributed by atoms with Gasteiger partial charge in [-0.25, -0.2) is 0 Å². The van der Waals surface area contributed by atoms with Crippen LogP contribution in [0.25, 0.3) is 0 Å². The topological polar surface area (TPSA) is 18.5 Å². The number of hydrogen-bond donors (Lipinski definition) is 0. The molecule has 2 nitrogen and oxygen atoms in total. The summed E-state index contributed by atoms with van der Waals surface area (Å²) in [4.78, 5) is 0. The van der Waals surface area contributed by atoms with E-state index < -0.39 is 0 Å². The van der Waals surface area contributed by atoms with Crippen molar-refractivity contribution in [3.05, 3.63) is 49.0 Å². The average Bonchev–Trinajstić information content (AvgIpc) is 2.39. The molecule has 0 atom stereocenters. The molecular formula is C9H10O2. The second-order valence-electron chi connectivity index (χ2n) is 1.94. The lowest BCUT2D eigenvalue weighted by Gasteiger charge is -1.91. The Morgan fingerprint density at radius 1 is 1.00 bits per heavy atom. The van der Waals surface area contributed by atoms with Crippen LogP contribution in [0.1, 0.15) is 0 Å². The fraction of sp³-hybridized carbons (Fsp3) is 0.111. The molecule has 0 aliphatic carbocycles. The lowest BCUT2D eigenvalue weighted by atomic mass is 10.3. The Morgan fingerprint density at radius 2 is 1.45 bits per heavy atom. The standard InChI is InChI=1S/C9H10O2/c1-3-5-8-9(6-4-2)11-7-10-8/h3-6H,1-2,7H2/b8-5+,9-6+. The zero-order valence-corrected chi connectivity index (χ0v) is 6.25. The minimum absolute atomic E-state index is 0.277. The third-order valence-electron chi connectivity index (χ3n) is 1.21. The van der Waals surface area contributed by atoms with Crippen LogP contribution in [0.3, 0.4) is 0 Å². The molecule has 1 heterocycles. The van der Waals surface area contributed by atoms with Crippen LogP contribution in [-0.2, 0) is 9.47 Å². The second kappa shape index (κ2) is 3.66. The van der Waals surface area contributed by atoms with Gasteiger partial charge in [0.05, 0.1) is 0 Å². The van der Waals surface area contributed by atoms with E-state index in [0.29, 0.717) is 11.5 Å². The van der Waals surface area contributed by atoms with Crippen molar-refractivity contribution in [2.24, 2.45) is 0 Å². The molecule has 0 bridgehead atoms. The summed E-state index contributed by atoms with van der Waals surface area (Å²) in [6, 6.07) is 0. The van der Waals surface area contributed by atoms with Gasteiger partial charge in [-0.15, -0.1) is 0 Å². The van der Waals surface area contributed by atoms with Gasteiger partial charge in [0.2, 0.25) is 6.79 Å². The largest absolute Gasteiger partial charge is 0.454 e. The Morgan fingerprint density at radius 3 is 1.82 bits per heavy atom. The van der Waals surface area contributed by atoms with Crippen molar-refractivity contribution in [2.45, 2.75) is 0 Å². The molecule has 0 spiro atoms. The molecule has 1 aliphatic rings. The summed E-state index contributed by atoms with van der Waals surface area (Å²) >= 11 is 0. The van der Waals surface area contributed by atoms with E-state index in [-0.39, 0.29) is 6.79 Å². The molecule has 58 valence electrons. The van der Waals surface area contributed by atoms with E-state index in [4.69, 9.17) is 9.47 Å². The van der Waals surface area contributed by atoms with Crippen LogP contribution in [-0.4, -0.2) is 6.79 Å². The first-order chi connectivity index (χ1) is 5.38. The van der Waals surface area contributed by atoms with Gasteiger partial charge in [-0.05, 0) is 12.2 Å². The van der Waals surface area contributed by atoms with Crippen molar-refractivity contribution in [1.82, 2.24) is 0 Å². The Balaban J connectivity index is 2.80. The summed E-state index contributed by atoms with van der Waals surface area (Å²) in [6.45, 7) is 7.38. The van der Waals surface area contributed by atoms with Gasteiger partial charge in [-0.3, -0.25) is 0 Å². The maximum absolute atomic E-state index is 5.11. The highest BCUT2D eigenvalue weighted by atomic mass is 16.7. The van der Waals surface area contributed by atoms with Crippen molar-refractivity contribution in [3.8, 4) is 0 Å². The third kappa shape index (κ3) is 1.74. The first-order valence-electron chi connectivity index (χ1n) is 3.30. The van der Waals surface area contributed by atoms with Gasteiger partial charge in [-0.1, -0.05) is 25.3 Å². The van der Waals surface area contributed by atoms with Crippen LogP contribution in [0.2, 0.25) is 0 Å². The Labute approximate surface area is 66.1 Å². The number of allylic oxidation sites excluding steroid dienone is 4. The van der Waals surface area contributed by atoms with Gasteiger partial charge in [0.25, 0.3) is 0 Å². The van der Waals surface area contributed by atoms with E-state index >= 15 is 0 Å². The summed E-state index contributed by atoms with van der Waals surface area (Å²) in [5.74, 6) is 1.42. The highest BCUT2D eigenvalue weighted by Crippen LogP contribution is 2.20. The van der Waals surface area contributed by atoms with Crippen molar-refractivity contribution in [2.75, 3.05) is 6.79 Å². The van der Waals surface area contributed by atoms with Gasteiger partial charge in [-0.2, -0.15) is 0 Å². The second-order valence-corrected chi connectivity index (χ2v) is 1.94. The third-order valence-corrected chi connectivity index (χ3v) is 1.21. The fourth-order valence-electron chi connectivity index (χ4n) is 0.773. The van der Waals surface area contributed by atoms with Crippen molar-refractivity contribution in [3.63, 3.8) is 0 Å². The summed E-state index contributed by atoms with van der Waals surface area (Å²) in [5, 5.41) is 0. The number of rotatable bonds is 2. The van der Waals surface area contributed by atoms with Crippen LogP contribution in [0.15, 0.2) is 49.0 Å². The van der Waals surface area contributed by atoms with Crippen LogP contribution in [0, 0.1) is 0 Å². The highest BCUT2D eigenvalue weighted by Gasteiger charge is 2.13. The van der Waals surface area contributed by atoms with Crippen molar-refractivity contribution >= 4 is 0 Å². The zero-order chi connectivity index (χ0) is 8.10. The molecule has 0 unspecified atom stereocenters. The van der Waals surface area contributed by atoms with Crippen LogP contribution in [0.5, 0.6) is 0 Å². The summed E-state index contributed by atoms with van der Waals surface area (Å²) < 4.78 is 10.2. The lowest BCUT2D eigenvalue weighted by Crippen LogP contribution is -1.79. The van der Waals surface area contributed by atoms with Crippen LogP contribution >= 0.6 is 0 Å². The average molecular weight is 150 g/mol. The van der Waals surface area contributed by atoms with E-state index in [1.54, 1.807) is 24.3 Å². The normalized spacial score (nSPS) is 22.9. The molecule has 1 rings (SSSR count). The molecular weight excluding hydrogens is 140 g/mol. The monoisotopic (exact) mass is 150 g/mol. The number of ether oxygens (including phenoxy) is 2. The zero-order valence-electron chi connectivity index (χ0n) is 6.25. The molecule has 1 saturated heterocycles. The van der Waals surface area contributed by atoms with Crippen LogP contribution < -0.4 is 0 Å². The van der Waals surface area contributed by atoms with Crippen LogP contribution in [0.4, 0.5) is 0 Å². The Kier molecular flexibility index (Phi) is 2.55. The predicted octanol–water partition coefficient (Wildman–Crippen LogP) is 2.13. The van der Waals surface area contributed by atoms with Crippen molar-refractivity contribution < 1.29 is 9.47 Å². The molecule has 11 heavy (non-hydrogen) atoms. The van der Waals surface area contributed by atoms with E-state index in [0.717, 1.165) is 0 Å². The smallest absolute Gasteiger partial charge is 0.231 e. The van der Waals surface area contributed by atoms with Crippen molar-refractivity contribution in [1.29, 1.82) is 0 Å². The summed E-state index contributed by atoms with van der Waals surface area (Å²) in [7, 11) is 0. The molecule has 1 fully saturated rings. The quantitative estimate of drug-likeness (QED) is 0.600. The SMILES string of the molecule is C=C/C=C1/OCO/C1=C/C=C. The van der Waals surface area contributed by atoms with Gasteiger partial charge in [0.1, 0.15) is 0 Å². The van der Waals surface area contributed by atoms with Gasteiger partial charge < -0.3 is 9.47 Å². The maximum atomic E-state index is 5.11. The Bertz CT molecular complexity index is 200. The molecule has 0 aromatic carbocycles. The lowest BCUT2D eigenvalue weighted by molar-refractivity contribution is 0.0977. The molecule has 0 saturated carbocycles. The summed E-state index contributed by atoms with van der Waals surface area (Å²) in [5.41, 5.74) is 0. The van der Waals surface area contributed by atoms with E-state index in [1.807, 2.05) is 0 Å². The first kappa shape index (κ1) is 7.66. The van der Waals surface area contributed by atoms with E-state index in [1.165, 1.54) is 0 Å². The highest BCUT2D eigenvalue weighted by molar-refractivity contribution is 5.28. The Hall–Kier alpha value is -1.44. The first-order valence-corrected chi connectivity index (χ1v) is 3.30. The molecule has 0 N–H and O–H groups in total. The van der Waals surface area contributed by atoms with Gasteiger partial charge in [0, 0.05) is 0 Å². The molecule has 2 heteroatoms. The molecule has 0 aromatic rings. The van der Waals surface area contributed by atoms with Gasteiger partial charge in [0.15, 0.2) is 11.5 Å². The fourth-order valence-corrected chi connectivity index (χ4v) is 0.773. The van der Waals surface area contributed by atoms with E-state index in [9.17, 15) is 0 Å².